The molecule has 5 heteroatoms. The van der Waals surface area contributed by atoms with Crippen LogP contribution in [0, 0.1) is 0 Å². The molecule has 2 amide bonds. The van der Waals surface area contributed by atoms with Gasteiger partial charge in [-0.15, -0.1) is 0 Å². The minimum Gasteiger partial charge on any atom is -0.310 e. The number of benzene rings is 1. The summed E-state index contributed by atoms with van der Waals surface area (Å²) in [4.78, 5) is 28.0. The van der Waals surface area contributed by atoms with E-state index in [1.807, 2.05) is 0 Å². The van der Waals surface area contributed by atoms with E-state index in [0.717, 1.165) is 19.6 Å². The van der Waals surface area contributed by atoms with Gasteiger partial charge in [0.05, 0.1) is 11.1 Å². The number of carbonyl (C=O) groups excluding carboxylic acids is 2. The average Bonchev–Trinajstić information content (AvgIpc) is 2.65. The van der Waals surface area contributed by atoms with Crippen LogP contribution < -0.4 is 5.32 Å². The normalized spacial score (nSPS) is 23.8. The Balaban J connectivity index is 1.77. The quantitative estimate of drug-likeness (QED) is 0.770. The Morgan fingerprint density at radius 3 is 2.42 bits per heavy atom. The molecule has 1 fully saturated rings. The number of rotatable bonds is 2. The molecule has 1 N–H and O–H groups in total. The summed E-state index contributed by atoms with van der Waals surface area (Å²) in [7, 11) is 2.05. The van der Waals surface area contributed by atoms with E-state index >= 15 is 0 Å². The molecule has 1 unspecified atom stereocenters. The lowest BCUT2D eigenvalue weighted by Crippen LogP contribution is -2.54. The number of hydrogen-bond donors (Lipinski definition) is 1. The van der Waals surface area contributed by atoms with Crippen molar-refractivity contribution in [2.24, 2.45) is 0 Å². The van der Waals surface area contributed by atoms with Gasteiger partial charge in [-0.3, -0.25) is 14.5 Å². The number of hydrogen-bond acceptors (Lipinski definition) is 4. The molecule has 0 spiro atoms. The minimum absolute atomic E-state index is 0.154. The third-order valence-electron chi connectivity index (χ3n) is 3.74. The highest BCUT2D eigenvalue weighted by Gasteiger charge is 2.36. The number of likely N-dealkylation sites (N-methyl/N-ethyl adjacent to an activating group) is 1. The number of fused-ring (bicyclic) bond motifs is 1. The molecule has 0 radical (unpaired) electrons. The SMILES string of the molecule is CN1CCNC(CN2C(=O)c3ccccc3C2=O)C1. The molecule has 0 saturated carbocycles. The molecule has 1 saturated heterocycles. The van der Waals surface area contributed by atoms with Crippen molar-refractivity contribution in [3.8, 4) is 0 Å². The number of piperazine rings is 1. The summed E-state index contributed by atoms with van der Waals surface area (Å²) in [5.41, 5.74) is 1.05. The predicted molar refractivity (Wildman–Crippen MR) is 71.1 cm³/mol. The van der Waals surface area contributed by atoms with Crippen LogP contribution in [-0.4, -0.2) is 60.9 Å². The molecule has 0 aliphatic carbocycles. The maximum atomic E-state index is 12.2. The van der Waals surface area contributed by atoms with Gasteiger partial charge in [-0.25, -0.2) is 0 Å². The Morgan fingerprint density at radius 1 is 1.21 bits per heavy atom. The van der Waals surface area contributed by atoms with Crippen LogP contribution in [-0.2, 0) is 0 Å². The highest BCUT2D eigenvalue weighted by molar-refractivity contribution is 6.21. The maximum absolute atomic E-state index is 12.2. The van der Waals surface area contributed by atoms with Crippen molar-refractivity contribution in [2.75, 3.05) is 33.2 Å². The van der Waals surface area contributed by atoms with E-state index in [4.69, 9.17) is 0 Å². The number of amides is 2. The largest absolute Gasteiger partial charge is 0.310 e. The fourth-order valence-electron chi connectivity index (χ4n) is 2.74. The average molecular weight is 259 g/mol. The van der Waals surface area contributed by atoms with Crippen molar-refractivity contribution in [3.05, 3.63) is 35.4 Å². The Hall–Kier alpha value is -1.72. The van der Waals surface area contributed by atoms with Gasteiger partial charge >= 0.3 is 0 Å². The summed E-state index contributed by atoms with van der Waals surface area (Å²) in [5.74, 6) is -0.341. The van der Waals surface area contributed by atoms with E-state index in [9.17, 15) is 9.59 Å². The molecule has 3 rings (SSSR count). The van der Waals surface area contributed by atoms with Crippen molar-refractivity contribution in [3.63, 3.8) is 0 Å². The molecule has 5 nitrogen and oxygen atoms in total. The lowest BCUT2D eigenvalue weighted by Gasteiger charge is -2.32. The summed E-state index contributed by atoms with van der Waals surface area (Å²) < 4.78 is 0. The maximum Gasteiger partial charge on any atom is 0.261 e. The van der Waals surface area contributed by atoms with Gasteiger partial charge in [0.25, 0.3) is 11.8 Å². The van der Waals surface area contributed by atoms with Crippen LogP contribution in [0.25, 0.3) is 0 Å². The van der Waals surface area contributed by atoms with Crippen molar-refractivity contribution in [1.82, 2.24) is 15.1 Å². The molecule has 100 valence electrons. The van der Waals surface area contributed by atoms with Gasteiger partial charge in [0.15, 0.2) is 0 Å². The zero-order chi connectivity index (χ0) is 13.4. The topological polar surface area (TPSA) is 52.6 Å². The highest BCUT2D eigenvalue weighted by atomic mass is 16.2. The van der Waals surface area contributed by atoms with Gasteiger partial charge in [0.1, 0.15) is 0 Å². The lowest BCUT2D eigenvalue weighted by molar-refractivity contribution is 0.0621. The molecule has 2 heterocycles. The second-order valence-corrected chi connectivity index (χ2v) is 5.18. The van der Waals surface area contributed by atoms with E-state index in [-0.39, 0.29) is 17.9 Å². The van der Waals surface area contributed by atoms with Gasteiger partial charge in [-0.1, -0.05) is 12.1 Å². The van der Waals surface area contributed by atoms with Crippen LogP contribution in [0.2, 0.25) is 0 Å². The molecule has 19 heavy (non-hydrogen) atoms. The fraction of sp³-hybridized carbons (Fsp3) is 0.429. The van der Waals surface area contributed by atoms with E-state index in [0.29, 0.717) is 17.7 Å². The van der Waals surface area contributed by atoms with Crippen molar-refractivity contribution in [2.45, 2.75) is 6.04 Å². The van der Waals surface area contributed by atoms with Crippen molar-refractivity contribution >= 4 is 11.8 Å². The van der Waals surface area contributed by atoms with Gasteiger partial charge in [-0.05, 0) is 19.2 Å². The monoisotopic (exact) mass is 259 g/mol. The summed E-state index contributed by atoms with van der Waals surface area (Å²) in [6.45, 7) is 3.19. The van der Waals surface area contributed by atoms with Crippen LogP contribution in [0.1, 0.15) is 20.7 Å². The van der Waals surface area contributed by atoms with Crippen LogP contribution in [0.3, 0.4) is 0 Å². The first-order valence-corrected chi connectivity index (χ1v) is 6.54. The van der Waals surface area contributed by atoms with E-state index in [1.54, 1.807) is 24.3 Å². The first kappa shape index (κ1) is 12.3. The van der Waals surface area contributed by atoms with Gasteiger partial charge in [-0.2, -0.15) is 0 Å². The van der Waals surface area contributed by atoms with Crippen molar-refractivity contribution in [1.29, 1.82) is 0 Å². The van der Waals surface area contributed by atoms with Crippen molar-refractivity contribution < 1.29 is 9.59 Å². The Bertz CT molecular complexity index is 494. The van der Waals surface area contributed by atoms with Gasteiger partial charge in [0, 0.05) is 32.2 Å². The van der Waals surface area contributed by atoms with E-state index < -0.39 is 0 Å². The second-order valence-electron chi connectivity index (χ2n) is 5.18. The Labute approximate surface area is 112 Å². The zero-order valence-electron chi connectivity index (χ0n) is 10.9. The molecule has 2 aliphatic heterocycles. The predicted octanol–water partition coefficient (Wildman–Crippen LogP) is 0.186. The molecular formula is C14H17N3O2. The Kier molecular flexibility index (Phi) is 3.08. The molecule has 2 aliphatic rings. The van der Waals surface area contributed by atoms with Crippen LogP contribution >= 0.6 is 0 Å². The summed E-state index contributed by atoms with van der Waals surface area (Å²) >= 11 is 0. The smallest absolute Gasteiger partial charge is 0.261 e. The molecule has 0 bridgehead atoms. The second kappa shape index (κ2) is 4.75. The lowest BCUT2D eigenvalue weighted by atomic mass is 10.1. The number of nitrogens with zero attached hydrogens (tertiary/aromatic N) is 2. The summed E-state index contributed by atoms with van der Waals surface area (Å²) in [6.07, 6.45) is 0. The third kappa shape index (κ3) is 2.15. The van der Waals surface area contributed by atoms with E-state index in [1.165, 1.54) is 4.90 Å². The summed E-state index contributed by atoms with van der Waals surface area (Å²) in [6, 6.07) is 7.17. The number of imide groups is 1. The molecule has 1 atom stereocenters. The zero-order valence-corrected chi connectivity index (χ0v) is 10.9. The number of carbonyl (C=O) groups is 2. The fourth-order valence-corrected chi connectivity index (χ4v) is 2.74. The van der Waals surface area contributed by atoms with Crippen LogP contribution in [0.15, 0.2) is 24.3 Å². The van der Waals surface area contributed by atoms with Gasteiger partial charge in [0.2, 0.25) is 0 Å². The molecule has 1 aromatic carbocycles. The van der Waals surface area contributed by atoms with Crippen LogP contribution in [0.5, 0.6) is 0 Å². The Morgan fingerprint density at radius 2 is 1.84 bits per heavy atom. The number of nitrogens with one attached hydrogen (secondary N) is 1. The third-order valence-corrected chi connectivity index (χ3v) is 3.74. The molecule has 1 aromatic rings. The highest BCUT2D eigenvalue weighted by Crippen LogP contribution is 2.22. The molecule has 0 aromatic heterocycles. The minimum atomic E-state index is -0.171. The first-order chi connectivity index (χ1) is 9.16. The first-order valence-electron chi connectivity index (χ1n) is 6.54. The van der Waals surface area contributed by atoms with Crippen LogP contribution in [0.4, 0.5) is 0 Å². The van der Waals surface area contributed by atoms with E-state index in [2.05, 4.69) is 17.3 Å². The van der Waals surface area contributed by atoms with Gasteiger partial charge < -0.3 is 10.2 Å². The summed E-state index contributed by atoms with van der Waals surface area (Å²) in [5, 5.41) is 3.36. The standard InChI is InChI=1S/C14H17N3O2/c1-16-7-6-15-10(8-16)9-17-13(18)11-4-2-3-5-12(11)14(17)19/h2-5,10,15H,6-9H2,1H3. The molecular weight excluding hydrogens is 242 g/mol.